The summed E-state index contributed by atoms with van der Waals surface area (Å²) in [6.45, 7) is 1.65. The van der Waals surface area contributed by atoms with Gasteiger partial charge in [-0.05, 0) is 45.2 Å². The molecule has 0 unspecified atom stereocenters. The van der Waals surface area contributed by atoms with Gasteiger partial charge in [0.15, 0.2) is 0 Å². The minimum Gasteiger partial charge on any atom is -0.330 e. The fraction of sp³-hybridized carbons (Fsp3) is 0.818. The van der Waals surface area contributed by atoms with Crippen molar-refractivity contribution < 1.29 is 0 Å². The third kappa shape index (κ3) is 11.7. The molecule has 0 radical (unpaired) electrons. The summed E-state index contributed by atoms with van der Waals surface area (Å²) in [5.74, 6) is 0. The summed E-state index contributed by atoms with van der Waals surface area (Å²) < 4.78 is 0. The van der Waals surface area contributed by atoms with Crippen molar-refractivity contribution in [3.8, 4) is 0 Å². The minimum atomic E-state index is 0.806. The molecule has 0 saturated carbocycles. The van der Waals surface area contributed by atoms with Crippen LogP contribution in [0.1, 0.15) is 44.9 Å². The predicted molar refractivity (Wildman–Crippen MR) is 59.6 cm³/mol. The van der Waals surface area contributed by atoms with E-state index in [-0.39, 0.29) is 0 Å². The average molecular weight is 184 g/mol. The first-order chi connectivity index (χ1) is 6.41. The Bertz CT molecular complexity index is 111. The molecule has 0 aromatic heterocycles. The van der Waals surface area contributed by atoms with E-state index in [1.54, 1.807) is 0 Å². The molecule has 2 nitrogen and oxygen atoms in total. The lowest BCUT2D eigenvalue weighted by molar-refractivity contribution is 0.652. The molecule has 78 valence electrons. The second-order valence-electron chi connectivity index (χ2n) is 3.39. The Morgan fingerprint density at radius 3 is 1.77 bits per heavy atom. The molecule has 0 aliphatic carbocycles. The van der Waals surface area contributed by atoms with Gasteiger partial charge < -0.3 is 11.5 Å². The van der Waals surface area contributed by atoms with Gasteiger partial charge >= 0.3 is 0 Å². The standard InChI is InChI=1S/C11H24N2/c12-10-8-6-4-2-1-3-5-7-9-11-13/h2,4H,1,3,5-13H2. The normalized spacial score (nSPS) is 11.2. The second kappa shape index (κ2) is 11.7. The number of unbranched alkanes of at least 4 members (excludes halogenated alkanes) is 5. The van der Waals surface area contributed by atoms with E-state index >= 15 is 0 Å². The number of rotatable bonds is 9. The fourth-order valence-corrected chi connectivity index (χ4v) is 1.23. The van der Waals surface area contributed by atoms with Crippen molar-refractivity contribution >= 4 is 0 Å². The van der Waals surface area contributed by atoms with E-state index in [0.29, 0.717) is 0 Å². The van der Waals surface area contributed by atoms with Crippen LogP contribution in [0.4, 0.5) is 0 Å². The van der Waals surface area contributed by atoms with Crippen molar-refractivity contribution in [1.29, 1.82) is 0 Å². The zero-order chi connectivity index (χ0) is 9.78. The zero-order valence-corrected chi connectivity index (χ0v) is 8.67. The Morgan fingerprint density at radius 2 is 1.15 bits per heavy atom. The monoisotopic (exact) mass is 184 g/mol. The first kappa shape index (κ1) is 12.7. The SMILES string of the molecule is NCCCC=CCCCCCCN. The number of allylic oxidation sites excluding steroid dienone is 2. The number of nitrogens with two attached hydrogens (primary N) is 2. The van der Waals surface area contributed by atoms with Gasteiger partial charge in [0.25, 0.3) is 0 Å². The summed E-state index contributed by atoms with van der Waals surface area (Å²) >= 11 is 0. The van der Waals surface area contributed by atoms with E-state index < -0.39 is 0 Å². The van der Waals surface area contributed by atoms with Crippen LogP contribution in [-0.4, -0.2) is 13.1 Å². The van der Waals surface area contributed by atoms with Gasteiger partial charge in [-0.2, -0.15) is 0 Å². The second-order valence-corrected chi connectivity index (χ2v) is 3.39. The topological polar surface area (TPSA) is 52.0 Å². The maximum absolute atomic E-state index is 5.40. The summed E-state index contributed by atoms with van der Waals surface area (Å²) in [7, 11) is 0. The van der Waals surface area contributed by atoms with E-state index in [0.717, 1.165) is 25.9 Å². The molecule has 0 saturated heterocycles. The van der Waals surface area contributed by atoms with Crippen LogP contribution in [0, 0.1) is 0 Å². The Hall–Kier alpha value is -0.340. The van der Waals surface area contributed by atoms with Gasteiger partial charge in [0, 0.05) is 0 Å². The molecule has 13 heavy (non-hydrogen) atoms. The highest BCUT2D eigenvalue weighted by Gasteiger charge is 1.86. The molecule has 4 N–H and O–H groups in total. The van der Waals surface area contributed by atoms with Gasteiger partial charge in [0.05, 0.1) is 0 Å². The van der Waals surface area contributed by atoms with E-state index in [1.807, 2.05) is 0 Å². The first-order valence-electron chi connectivity index (χ1n) is 5.47. The van der Waals surface area contributed by atoms with Crippen LogP contribution in [0.2, 0.25) is 0 Å². The lowest BCUT2D eigenvalue weighted by Crippen LogP contribution is -1.97. The lowest BCUT2D eigenvalue weighted by Gasteiger charge is -1.96. The molecular formula is C11H24N2. The third-order valence-corrected chi connectivity index (χ3v) is 2.07. The molecular weight excluding hydrogens is 160 g/mol. The summed E-state index contributed by atoms with van der Waals surface area (Å²) in [6.07, 6.45) is 13.1. The fourth-order valence-electron chi connectivity index (χ4n) is 1.23. The van der Waals surface area contributed by atoms with Crippen LogP contribution in [0.25, 0.3) is 0 Å². The predicted octanol–water partition coefficient (Wildman–Crippen LogP) is 2.19. The van der Waals surface area contributed by atoms with Crippen molar-refractivity contribution in [2.75, 3.05) is 13.1 Å². The Labute approximate surface area is 82.4 Å². The molecule has 0 aromatic carbocycles. The van der Waals surface area contributed by atoms with Crippen molar-refractivity contribution in [2.45, 2.75) is 44.9 Å². The molecule has 0 fully saturated rings. The van der Waals surface area contributed by atoms with Gasteiger partial charge in [-0.1, -0.05) is 25.0 Å². The Balaban J connectivity index is 2.93. The van der Waals surface area contributed by atoms with Gasteiger partial charge in [-0.25, -0.2) is 0 Å². The van der Waals surface area contributed by atoms with Gasteiger partial charge in [0.2, 0.25) is 0 Å². The lowest BCUT2D eigenvalue weighted by atomic mass is 10.1. The summed E-state index contributed by atoms with van der Waals surface area (Å²) in [6, 6.07) is 0. The molecule has 2 heteroatoms. The van der Waals surface area contributed by atoms with Crippen molar-refractivity contribution in [3.63, 3.8) is 0 Å². The van der Waals surface area contributed by atoms with Gasteiger partial charge in [-0.15, -0.1) is 0 Å². The van der Waals surface area contributed by atoms with Crippen LogP contribution in [-0.2, 0) is 0 Å². The highest BCUT2D eigenvalue weighted by atomic mass is 14.5. The molecule has 0 spiro atoms. The Morgan fingerprint density at radius 1 is 0.615 bits per heavy atom. The molecule has 0 bridgehead atoms. The third-order valence-electron chi connectivity index (χ3n) is 2.07. The van der Waals surface area contributed by atoms with E-state index in [4.69, 9.17) is 11.5 Å². The van der Waals surface area contributed by atoms with Crippen LogP contribution in [0.15, 0.2) is 12.2 Å². The molecule has 0 amide bonds. The van der Waals surface area contributed by atoms with Crippen LogP contribution in [0.5, 0.6) is 0 Å². The molecule has 0 heterocycles. The largest absolute Gasteiger partial charge is 0.330 e. The highest BCUT2D eigenvalue weighted by molar-refractivity contribution is 4.81. The molecule has 0 atom stereocenters. The van der Waals surface area contributed by atoms with Crippen LogP contribution < -0.4 is 11.5 Å². The number of hydrogen-bond acceptors (Lipinski definition) is 2. The molecule has 0 aliphatic heterocycles. The quantitative estimate of drug-likeness (QED) is 0.426. The maximum atomic E-state index is 5.40. The molecule has 0 aliphatic rings. The Kier molecular flexibility index (Phi) is 11.4. The zero-order valence-electron chi connectivity index (χ0n) is 8.67. The molecule has 0 rings (SSSR count). The summed E-state index contributed by atoms with van der Waals surface area (Å²) in [5, 5.41) is 0. The van der Waals surface area contributed by atoms with Crippen molar-refractivity contribution in [1.82, 2.24) is 0 Å². The highest BCUT2D eigenvalue weighted by Crippen LogP contribution is 2.03. The summed E-state index contributed by atoms with van der Waals surface area (Å²) in [5.41, 5.74) is 10.8. The van der Waals surface area contributed by atoms with Crippen molar-refractivity contribution in [3.05, 3.63) is 12.2 Å². The van der Waals surface area contributed by atoms with Gasteiger partial charge in [0.1, 0.15) is 0 Å². The number of hydrogen-bond donors (Lipinski definition) is 2. The smallest absolute Gasteiger partial charge is 0.00743 e. The minimum absolute atomic E-state index is 0.806. The van der Waals surface area contributed by atoms with E-state index in [1.165, 1.54) is 32.1 Å². The molecule has 0 aromatic rings. The first-order valence-corrected chi connectivity index (χ1v) is 5.47. The maximum Gasteiger partial charge on any atom is -0.00743 e. The van der Waals surface area contributed by atoms with Crippen LogP contribution in [0.3, 0.4) is 0 Å². The average Bonchev–Trinajstić information content (AvgIpc) is 2.16. The van der Waals surface area contributed by atoms with Crippen molar-refractivity contribution in [2.24, 2.45) is 11.5 Å². The van der Waals surface area contributed by atoms with E-state index in [9.17, 15) is 0 Å². The van der Waals surface area contributed by atoms with E-state index in [2.05, 4.69) is 12.2 Å². The summed E-state index contributed by atoms with van der Waals surface area (Å²) in [4.78, 5) is 0. The van der Waals surface area contributed by atoms with Gasteiger partial charge in [-0.3, -0.25) is 0 Å². The van der Waals surface area contributed by atoms with Crippen LogP contribution >= 0.6 is 0 Å².